The fourth-order valence-electron chi connectivity index (χ4n) is 2.66. The van der Waals surface area contributed by atoms with Crippen molar-refractivity contribution in [2.75, 3.05) is 18.7 Å². The molecular formula is C16H19N6OS+. The van der Waals surface area contributed by atoms with Gasteiger partial charge in [0.15, 0.2) is 10.8 Å². The second-order valence-electron chi connectivity index (χ2n) is 5.75. The second-order valence-corrected chi connectivity index (χ2v) is 6.53. The molecule has 0 radical (unpaired) electrons. The van der Waals surface area contributed by atoms with Crippen LogP contribution in [-0.4, -0.2) is 32.9 Å². The lowest BCUT2D eigenvalue weighted by Crippen LogP contribution is -2.40. The maximum Gasteiger partial charge on any atom is 0.228 e. The van der Waals surface area contributed by atoms with Crippen LogP contribution in [0.3, 0.4) is 0 Å². The van der Waals surface area contributed by atoms with Crippen molar-refractivity contribution in [2.24, 2.45) is 0 Å². The van der Waals surface area contributed by atoms with Gasteiger partial charge in [0.1, 0.15) is 7.11 Å². The minimum absolute atomic E-state index is 0.606. The molecule has 0 amide bonds. The van der Waals surface area contributed by atoms with Gasteiger partial charge in [-0.2, -0.15) is 14.6 Å². The van der Waals surface area contributed by atoms with Crippen LogP contribution in [0.2, 0.25) is 0 Å². The van der Waals surface area contributed by atoms with E-state index in [0.29, 0.717) is 18.4 Å². The summed E-state index contributed by atoms with van der Waals surface area (Å²) in [6.07, 6.45) is 10.2. The Bertz CT molecular complexity index is 876. The number of nitrogens with one attached hydrogen (secondary N) is 1. The van der Waals surface area contributed by atoms with Crippen LogP contribution in [0.5, 0.6) is 0 Å². The van der Waals surface area contributed by atoms with Gasteiger partial charge < -0.3 is 5.32 Å². The highest BCUT2D eigenvalue weighted by Gasteiger charge is 2.28. The summed E-state index contributed by atoms with van der Waals surface area (Å²) in [4.78, 5) is 14.4. The SMILES string of the molecule is CO[n+]1cccc(CNc2nc(SC)nc3c(C4CC4)cnn23)c1. The van der Waals surface area contributed by atoms with Crippen LogP contribution in [0.4, 0.5) is 5.95 Å². The monoisotopic (exact) mass is 343 g/mol. The van der Waals surface area contributed by atoms with Crippen molar-refractivity contribution in [3.63, 3.8) is 0 Å². The van der Waals surface area contributed by atoms with Crippen molar-refractivity contribution in [2.45, 2.75) is 30.5 Å². The largest absolute Gasteiger partial charge is 0.350 e. The lowest BCUT2D eigenvalue weighted by molar-refractivity contribution is -0.885. The Labute approximate surface area is 144 Å². The molecule has 1 fully saturated rings. The standard InChI is InChI=1S/C16H19N6OS/c1-23-21-7-3-4-11(10-21)8-17-15-20-16(24-2)19-14-13(12-5-6-12)9-18-22(14)15/h3-4,7,9-10,12H,5-6,8H2,1-2H3,(H,17,19,20)/q+1. The van der Waals surface area contributed by atoms with Crippen LogP contribution < -0.4 is 14.9 Å². The number of pyridine rings is 1. The highest BCUT2D eigenvalue weighted by atomic mass is 32.2. The molecule has 8 heteroatoms. The molecule has 0 saturated heterocycles. The minimum Gasteiger partial charge on any atom is -0.350 e. The van der Waals surface area contributed by atoms with Crippen LogP contribution >= 0.6 is 11.8 Å². The molecule has 0 aromatic carbocycles. The van der Waals surface area contributed by atoms with Gasteiger partial charge in [-0.3, -0.25) is 4.84 Å². The molecule has 0 bridgehead atoms. The van der Waals surface area contributed by atoms with Gasteiger partial charge in [-0.05, 0) is 31.1 Å². The Kier molecular flexibility index (Phi) is 3.97. The fourth-order valence-corrected chi connectivity index (χ4v) is 3.02. The van der Waals surface area contributed by atoms with Gasteiger partial charge in [0, 0.05) is 28.5 Å². The molecule has 0 unspecified atom stereocenters. The van der Waals surface area contributed by atoms with E-state index in [1.54, 1.807) is 28.1 Å². The lowest BCUT2D eigenvalue weighted by atomic mass is 10.2. The summed E-state index contributed by atoms with van der Waals surface area (Å²) in [5.74, 6) is 1.32. The zero-order chi connectivity index (χ0) is 16.5. The molecule has 1 saturated carbocycles. The summed E-state index contributed by atoms with van der Waals surface area (Å²) in [7, 11) is 1.64. The van der Waals surface area contributed by atoms with Gasteiger partial charge in [-0.15, -0.1) is 0 Å². The van der Waals surface area contributed by atoms with Crippen molar-refractivity contribution in [3.8, 4) is 0 Å². The van der Waals surface area contributed by atoms with Crippen molar-refractivity contribution in [1.82, 2.24) is 19.6 Å². The average molecular weight is 343 g/mol. The molecule has 24 heavy (non-hydrogen) atoms. The maximum absolute atomic E-state index is 5.19. The van der Waals surface area contributed by atoms with E-state index in [4.69, 9.17) is 4.84 Å². The van der Waals surface area contributed by atoms with E-state index in [-0.39, 0.29) is 0 Å². The zero-order valence-corrected chi connectivity index (χ0v) is 14.5. The highest BCUT2D eigenvalue weighted by molar-refractivity contribution is 7.98. The molecule has 3 aromatic rings. The third-order valence-corrected chi connectivity index (χ3v) is 4.62. The average Bonchev–Trinajstić information content (AvgIpc) is 3.38. The molecule has 4 rings (SSSR count). The third-order valence-electron chi connectivity index (χ3n) is 4.07. The molecule has 1 aliphatic carbocycles. The first-order chi connectivity index (χ1) is 11.8. The Balaban J connectivity index is 1.65. The predicted molar refractivity (Wildman–Crippen MR) is 91.0 cm³/mol. The molecule has 3 aromatic heterocycles. The summed E-state index contributed by atoms with van der Waals surface area (Å²) in [5, 5.41) is 8.62. The normalized spacial score (nSPS) is 14.1. The van der Waals surface area contributed by atoms with E-state index in [2.05, 4.69) is 20.4 Å². The maximum atomic E-state index is 5.19. The molecular weight excluding hydrogens is 324 g/mol. The lowest BCUT2D eigenvalue weighted by Gasteiger charge is -2.08. The number of hydrogen-bond donors (Lipinski definition) is 1. The Morgan fingerprint density at radius 1 is 1.42 bits per heavy atom. The Hall–Kier alpha value is -2.35. The highest BCUT2D eigenvalue weighted by Crippen LogP contribution is 2.41. The fraction of sp³-hybridized carbons (Fsp3) is 0.375. The first-order valence-corrected chi connectivity index (χ1v) is 9.09. The number of thioether (sulfide) groups is 1. The molecule has 3 heterocycles. The van der Waals surface area contributed by atoms with Crippen LogP contribution in [0.25, 0.3) is 5.65 Å². The summed E-state index contributed by atoms with van der Waals surface area (Å²) in [6, 6.07) is 3.98. The summed E-state index contributed by atoms with van der Waals surface area (Å²) in [5.41, 5.74) is 3.23. The summed E-state index contributed by atoms with van der Waals surface area (Å²) >= 11 is 1.54. The Morgan fingerprint density at radius 2 is 2.29 bits per heavy atom. The quantitative estimate of drug-likeness (QED) is 0.543. The number of hydrogen-bond acceptors (Lipinski definition) is 6. The van der Waals surface area contributed by atoms with Gasteiger partial charge >= 0.3 is 0 Å². The van der Waals surface area contributed by atoms with Crippen molar-refractivity contribution < 1.29 is 9.57 Å². The number of anilines is 1. The molecule has 0 spiro atoms. The number of rotatable bonds is 6. The molecule has 1 N–H and O–H groups in total. The van der Waals surface area contributed by atoms with E-state index in [0.717, 1.165) is 16.4 Å². The van der Waals surface area contributed by atoms with Crippen molar-refractivity contribution >= 4 is 23.4 Å². The number of aromatic nitrogens is 5. The van der Waals surface area contributed by atoms with Gasteiger partial charge in [0.25, 0.3) is 0 Å². The van der Waals surface area contributed by atoms with Gasteiger partial charge in [-0.1, -0.05) is 11.8 Å². The molecule has 124 valence electrons. The van der Waals surface area contributed by atoms with Crippen LogP contribution in [0.15, 0.2) is 35.9 Å². The summed E-state index contributed by atoms with van der Waals surface area (Å²) < 4.78 is 3.47. The Morgan fingerprint density at radius 3 is 3.04 bits per heavy atom. The van der Waals surface area contributed by atoms with Gasteiger partial charge in [0.2, 0.25) is 18.3 Å². The van der Waals surface area contributed by atoms with Crippen LogP contribution in [0.1, 0.15) is 29.9 Å². The molecule has 1 aliphatic rings. The molecule has 7 nitrogen and oxygen atoms in total. The van der Waals surface area contributed by atoms with Crippen molar-refractivity contribution in [1.29, 1.82) is 0 Å². The van der Waals surface area contributed by atoms with Gasteiger partial charge in [-0.25, -0.2) is 4.98 Å². The van der Waals surface area contributed by atoms with E-state index in [9.17, 15) is 0 Å². The zero-order valence-electron chi connectivity index (χ0n) is 13.6. The predicted octanol–water partition coefficient (Wildman–Crippen LogP) is 1.68. The van der Waals surface area contributed by atoms with Crippen LogP contribution in [0, 0.1) is 0 Å². The first-order valence-electron chi connectivity index (χ1n) is 7.86. The number of nitrogens with zero attached hydrogens (tertiary/aromatic N) is 5. The molecule has 0 aliphatic heterocycles. The smallest absolute Gasteiger partial charge is 0.228 e. The van der Waals surface area contributed by atoms with E-state index < -0.39 is 0 Å². The topological polar surface area (TPSA) is 68.2 Å². The first kappa shape index (κ1) is 15.2. The van der Waals surface area contributed by atoms with E-state index >= 15 is 0 Å². The summed E-state index contributed by atoms with van der Waals surface area (Å²) in [6.45, 7) is 0.628. The third kappa shape index (κ3) is 2.89. The van der Waals surface area contributed by atoms with E-state index in [1.165, 1.54) is 18.4 Å². The number of fused-ring (bicyclic) bond motifs is 1. The molecule has 0 atom stereocenters. The second kappa shape index (κ2) is 6.27. The van der Waals surface area contributed by atoms with Crippen molar-refractivity contribution in [3.05, 3.63) is 41.9 Å². The van der Waals surface area contributed by atoms with Gasteiger partial charge in [0.05, 0.1) is 6.20 Å². The van der Waals surface area contributed by atoms with E-state index in [1.807, 2.05) is 37.0 Å². The van der Waals surface area contributed by atoms with Crippen LogP contribution in [-0.2, 0) is 6.54 Å². The minimum atomic E-state index is 0.606.